The number of amides is 1. The van der Waals surface area contributed by atoms with Crippen LogP contribution >= 0.6 is 39.0 Å². The lowest BCUT2D eigenvalue weighted by Gasteiger charge is -2.06. The van der Waals surface area contributed by atoms with Gasteiger partial charge in [0.05, 0.1) is 33.8 Å². The Bertz CT molecular complexity index is 1240. The first kappa shape index (κ1) is 21.4. The molecule has 0 fully saturated rings. The van der Waals surface area contributed by atoms with Crippen molar-refractivity contribution in [3.8, 4) is 11.5 Å². The number of carbonyl (C=O) groups is 1. The van der Waals surface area contributed by atoms with Crippen molar-refractivity contribution in [3.63, 3.8) is 0 Å². The second kappa shape index (κ2) is 9.54. The molecule has 0 aliphatic carbocycles. The number of thioether (sulfide) groups is 1. The molecule has 0 saturated heterocycles. The molecule has 10 heteroatoms. The van der Waals surface area contributed by atoms with Gasteiger partial charge in [0, 0.05) is 0 Å². The fourth-order valence-corrected chi connectivity index (χ4v) is 5.09. The molecule has 0 unspecified atom stereocenters. The van der Waals surface area contributed by atoms with Crippen molar-refractivity contribution in [1.82, 2.24) is 10.4 Å². The van der Waals surface area contributed by atoms with Gasteiger partial charge in [0.2, 0.25) is 0 Å². The Kier molecular flexibility index (Phi) is 6.59. The predicted molar refractivity (Wildman–Crippen MR) is 125 cm³/mol. The number of phenolic OH excluding ortho intramolecular Hbond substituents is 1. The van der Waals surface area contributed by atoms with Gasteiger partial charge in [0.25, 0.3) is 0 Å². The fourth-order valence-electron chi connectivity index (χ4n) is 2.67. The van der Waals surface area contributed by atoms with Crippen molar-refractivity contribution in [1.29, 1.82) is 0 Å². The number of halogens is 1. The van der Waals surface area contributed by atoms with E-state index in [1.165, 1.54) is 13.3 Å². The van der Waals surface area contributed by atoms with Crippen molar-refractivity contribution in [2.24, 2.45) is 5.10 Å². The summed E-state index contributed by atoms with van der Waals surface area (Å²) in [5, 5.41) is 13.8. The number of aromatic hydroxyl groups is 1. The maximum absolute atomic E-state index is 12.3. The molecule has 2 aromatic carbocycles. The van der Waals surface area contributed by atoms with Crippen molar-refractivity contribution < 1.29 is 19.1 Å². The zero-order valence-electron chi connectivity index (χ0n) is 16.2. The molecule has 0 spiro atoms. The number of nitrogens with one attached hydrogen (secondary N) is 1. The zero-order chi connectivity index (χ0) is 21.8. The molecule has 0 saturated carbocycles. The molecule has 2 heterocycles. The maximum atomic E-state index is 12.3. The second-order valence-corrected chi connectivity index (χ2v) is 9.36. The molecule has 31 heavy (non-hydrogen) atoms. The Morgan fingerprint density at radius 3 is 3.00 bits per heavy atom. The third-order valence-corrected chi connectivity index (χ3v) is 6.95. The molecule has 1 amide bonds. The summed E-state index contributed by atoms with van der Waals surface area (Å²) < 4.78 is 13.3. The summed E-state index contributed by atoms with van der Waals surface area (Å²) in [7, 11) is 1.45. The number of hydrogen-bond acceptors (Lipinski definition) is 8. The summed E-state index contributed by atoms with van der Waals surface area (Å²) in [4.78, 5) is 16.9. The van der Waals surface area contributed by atoms with E-state index >= 15 is 0 Å². The highest BCUT2D eigenvalue weighted by Gasteiger charge is 2.12. The van der Waals surface area contributed by atoms with Gasteiger partial charge >= 0.3 is 5.91 Å². The largest absolute Gasteiger partial charge is 0.503 e. The van der Waals surface area contributed by atoms with E-state index in [1.807, 2.05) is 24.3 Å². The van der Waals surface area contributed by atoms with Crippen LogP contribution in [0.15, 0.2) is 66.9 Å². The Labute approximate surface area is 194 Å². The molecule has 0 atom stereocenters. The normalized spacial score (nSPS) is 11.3. The van der Waals surface area contributed by atoms with Crippen molar-refractivity contribution in [3.05, 3.63) is 70.1 Å². The van der Waals surface area contributed by atoms with Gasteiger partial charge in [-0.1, -0.05) is 23.9 Å². The molecule has 0 aliphatic rings. The Balaban J connectivity index is 1.34. The average Bonchev–Trinajstić information content (AvgIpc) is 3.41. The quantitative estimate of drug-likeness (QED) is 0.193. The molecule has 4 aromatic rings. The van der Waals surface area contributed by atoms with Crippen LogP contribution in [0, 0.1) is 0 Å². The van der Waals surface area contributed by atoms with Gasteiger partial charge in [-0.2, -0.15) is 5.10 Å². The molecule has 2 aromatic heterocycles. The summed E-state index contributed by atoms with van der Waals surface area (Å²) in [6, 6.07) is 14.6. The molecule has 2 N–H and O–H groups in total. The lowest BCUT2D eigenvalue weighted by molar-refractivity contribution is 0.0926. The number of hydrazone groups is 1. The number of aromatic nitrogens is 1. The molecule has 4 rings (SSSR count). The topological polar surface area (TPSA) is 97.0 Å². The first-order valence-electron chi connectivity index (χ1n) is 9.00. The van der Waals surface area contributed by atoms with Gasteiger partial charge in [0.1, 0.15) is 5.76 Å². The summed E-state index contributed by atoms with van der Waals surface area (Å²) in [6.45, 7) is 0. The minimum absolute atomic E-state index is 0.00415. The molecule has 0 aliphatic heterocycles. The monoisotopic (exact) mass is 517 g/mol. The molecular weight excluding hydrogens is 502 g/mol. The number of rotatable bonds is 7. The van der Waals surface area contributed by atoms with Gasteiger partial charge in [-0.25, -0.2) is 10.4 Å². The number of fused-ring (bicyclic) bond motifs is 1. The third-order valence-electron chi connectivity index (χ3n) is 4.15. The number of ether oxygens (including phenoxy) is 1. The minimum Gasteiger partial charge on any atom is -0.503 e. The van der Waals surface area contributed by atoms with Gasteiger partial charge in [-0.05, 0) is 57.9 Å². The number of thiazole rings is 1. The third kappa shape index (κ3) is 5.09. The van der Waals surface area contributed by atoms with Gasteiger partial charge in [-0.3, -0.25) is 4.79 Å². The number of benzene rings is 2. The number of nitrogens with zero attached hydrogens (tertiary/aromatic N) is 2. The number of methoxy groups -OCH3 is 1. The summed E-state index contributed by atoms with van der Waals surface area (Å²) in [5.41, 5.74) is 4.04. The van der Waals surface area contributed by atoms with E-state index in [-0.39, 0.29) is 11.5 Å². The van der Waals surface area contributed by atoms with E-state index in [2.05, 4.69) is 31.4 Å². The van der Waals surface area contributed by atoms with Crippen LogP contribution in [0.2, 0.25) is 0 Å². The molecule has 0 radical (unpaired) electrons. The standard InChI is InChI=1S/C21H16BrN3O4S2/c1-28-17-9-12(8-14(22)19(17)26)10-23-25-20(27)16-7-6-13(29-16)11-30-21-24-15-4-2-3-5-18(15)31-21/h2-10,26H,11H2,1H3,(H,25,27)/b23-10-. The van der Waals surface area contributed by atoms with E-state index in [9.17, 15) is 9.90 Å². The van der Waals surface area contributed by atoms with E-state index in [4.69, 9.17) is 9.15 Å². The second-order valence-electron chi connectivity index (χ2n) is 6.25. The highest BCUT2D eigenvalue weighted by Crippen LogP contribution is 2.35. The van der Waals surface area contributed by atoms with Crippen LogP contribution in [0.5, 0.6) is 11.5 Å². The van der Waals surface area contributed by atoms with E-state index < -0.39 is 5.91 Å². The number of para-hydroxylation sites is 1. The Hall–Kier alpha value is -2.82. The summed E-state index contributed by atoms with van der Waals surface area (Å²) in [6.07, 6.45) is 1.44. The SMILES string of the molecule is COc1cc(/C=N\NC(=O)c2ccc(CSc3nc4ccccc4s3)o2)cc(Br)c1O. The lowest BCUT2D eigenvalue weighted by Crippen LogP contribution is -2.16. The van der Waals surface area contributed by atoms with E-state index in [0.29, 0.717) is 27.3 Å². The minimum atomic E-state index is -0.461. The van der Waals surface area contributed by atoms with Crippen LogP contribution in [0.4, 0.5) is 0 Å². The first-order chi connectivity index (χ1) is 15.0. The van der Waals surface area contributed by atoms with Gasteiger partial charge in [0.15, 0.2) is 21.6 Å². The molecule has 158 valence electrons. The van der Waals surface area contributed by atoms with Crippen LogP contribution in [0.3, 0.4) is 0 Å². The average molecular weight is 518 g/mol. The summed E-state index contributed by atoms with van der Waals surface area (Å²) in [5.74, 6) is 1.24. The van der Waals surface area contributed by atoms with Crippen LogP contribution in [0.25, 0.3) is 10.2 Å². The van der Waals surface area contributed by atoms with Crippen LogP contribution in [0.1, 0.15) is 21.9 Å². The Morgan fingerprint density at radius 1 is 1.35 bits per heavy atom. The number of phenols is 1. The van der Waals surface area contributed by atoms with Crippen molar-refractivity contribution >= 4 is 61.4 Å². The lowest BCUT2D eigenvalue weighted by atomic mass is 10.2. The zero-order valence-corrected chi connectivity index (χ0v) is 19.4. The number of carbonyl (C=O) groups excluding carboxylic acids is 1. The van der Waals surface area contributed by atoms with Crippen molar-refractivity contribution in [2.75, 3.05) is 7.11 Å². The number of hydrogen-bond donors (Lipinski definition) is 2. The molecule has 7 nitrogen and oxygen atoms in total. The van der Waals surface area contributed by atoms with Gasteiger partial charge < -0.3 is 14.3 Å². The predicted octanol–water partition coefficient (Wildman–Crippen LogP) is 5.42. The molecular formula is C21H16BrN3O4S2. The fraction of sp³-hybridized carbons (Fsp3) is 0.0952. The molecule has 0 bridgehead atoms. The smallest absolute Gasteiger partial charge is 0.307 e. The van der Waals surface area contributed by atoms with Crippen LogP contribution < -0.4 is 10.2 Å². The van der Waals surface area contributed by atoms with E-state index in [0.717, 1.165) is 14.6 Å². The first-order valence-corrected chi connectivity index (χ1v) is 11.6. The van der Waals surface area contributed by atoms with Crippen molar-refractivity contribution in [2.45, 2.75) is 10.1 Å². The number of furan rings is 1. The highest BCUT2D eigenvalue weighted by atomic mass is 79.9. The summed E-state index contributed by atoms with van der Waals surface area (Å²) >= 11 is 6.43. The Morgan fingerprint density at radius 2 is 2.19 bits per heavy atom. The van der Waals surface area contributed by atoms with Gasteiger partial charge in [-0.15, -0.1) is 11.3 Å². The highest BCUT2D eigenvalue weighted by molar-refractivity contribution is 9.10. The maximum Gasteiger partial charge on any atom is 0.307 e. The van der Waals surface area contributed by atoms with Crippen LogP contribution in [-0.4, -0.2) is 29.3 Å². The van der Waals surface area contributed by atoms with E-state index in [1.54, 1.807) is 47.4 Å². The van der Waals surface area contributed by atoms with Crippen LogP contribution in [-0.2, 0) is 5.75 Å².